The van der Waals surface area contributed by atoms with Gasteiger partial charge >= 0.3 is 23.5 Å². The highest BCUT2D eigenvalue weighted by Crippen LogP contribution is 2.38. The molecule has 1 heterocycles. The van der Waals surface area contributed by atoms with Crippen LogP contribution in [0.1, 0.15) is 12.1 Å². The Morgan fingerprint density at radius 2 is 1.82 bits per heavy atom. The van der Waals surface area contributed by atoms with E-state index in [0.29, 0.717) is 13.1 Å². The minimum absolute atomic E-state index is 0.0247. The molecule has 1 aromatic heterocycles. The van der Waals surface area contributed by atoms with Crippen molar-refractivity contribution in [3.05, 3.63) is 84.9 Å². The van der Waals surface area contributed by atoms with Crippen molar-refractivity contribution in [1.29, 1.82) is 5.26 Å². The molecule has 198 valence electrons. The maximum Gasteiger partial charge on any atom is 0.431 e. The average molecular weight is 538 g/mol. The zero-order valence-electron chi connectivity index (χ0n) is 18.9. The van der Waals surface area contributed by atoms with E-state index in [1.807, 2.05) is 0 Å². The van der Waals surface area contributed by atoms with E-state index < -0.39 is 69.5 Å². The summed E-state index contributed by atoms with van der Waals surface area (Å²) >= 11 is 0. The standard InChI is InChI=1S/C22H14F4N4O8/c1-28-18(22(24,25)26)10-19(31)29(21(28)34)12-9-17(13(30(35)36)8-11(12)23)38-15-5-3-2-4-14(15)37-16(6-7-27)20(32)33/h2-5,8-10,16H,6H2,1H3,(H,32,33). The largest absolute Gasteiger partial charge is 0.478 e. The first-order chi connectivity index (χ1) is 17.8. The van der Waals surface area contributed by atoms with Gasteiger partial charge in [0.15, 0.2) is 17.3 Å². The molecule has 1 atom stereocenters. The summed E-state index contributed by atoms with van der Waals surface area (Å²) in [6, 6.07) is 7.61. The number of carboxylic acid groups (broad SMARTS) is 1. The average Bonchev–Trinajstić information content (AvgIpc) is 2.83. The number of halogens is 4. The molecule has 0 bridgehead atoms. The number of carboxylic acids is 1. The van der Waals surface area contributed by atoms with E-state index in [4.69, 9.17) is 14.7 Å². The molecule has 0 fully saturated rings. The Kier molecular flexibility index (Phi) is 7.51. The highest BCUT2D eigenvalue weighted by molar-refractivity contribution is 5.73. The molecule has 0 amide bonds. The van der Waals surface area contributed by atoms with Crippen LogP contribution < -0.4 is 20.7 Å². The van der Waals surface area contributed by atoms with Crippen molar-refractivity contribution < 1.29 is 41.9 Å². The molecule has 1 N–H and O–H groups in total. The number of hydrogen-bond acceptors (Lipinski definition) is 8. The van der Waals surface area contributed by atoms with Crippen LogP contribution in [0.25, 0.3) is 5.69 Å². The number of ether oxygens (including phenoxy) is 2. The van der Waals surface area contributed by atoms with Gasteiger partial charge in [-0.25, -0.2) is 18.5 Å². The molecule has 3 aromatic rings. The summed E-state index contributed by atoms with van der Waals surface area (Å²) in [7, 11) is 0.690. The lowest BCUT2D eigenvalue weighted by Crippen LogP contribution is -2.41. The molecular weight excluding hydrogens is 524 g/mol. The zero-order chi connectivity index (χ0) is 28.4. The topological polar surface area (TPSA) is 167 Å². The smallest absolute Gasteiger partial charge is 0.431 e. The molecule has 1 unspecified atom stereocenters. The minimum atomic E-state index is -5.09. The van der Waals surface area contributed by atoms with Gasteiger partial charge < -0.3 is 14.6 Å². The number of para-hydroxylation sites is 2. The fraction of sp³-hybridized carbons (Fsp3) is 0.182. The number of aliphatic carboxylic acids is 1. The third-order valence-corrected chi connectivity index (χ3v) is 4.97. The third-order valence-electron chi connectivity index (χ3n) is 4.97. The van der Waals surface area contributed by atoms with Crippen LogP contribution in [0.3, 0.4) is 0 Å². The van der Waals surface area contributed by atoms with Gasteiger partial charge in [0.2, 0.25) is 11.9 Å². The van der Waals surface area contributed by atoms with Gasteiger partial charge in [-0.3, -0.25) is 19.5 Å². The van der Waals surface area contributed by atoms with E-state index in [-0.39, 0.29) is 32.8 Å². The van der Waals surface area contributed by atoms with E-state index in [0.717, 1.165) is 0 Å². The van der Waals surface area contributed by atoms with E-state index in [9.17, 15) is 47.2 Å². The minimum Gasteiger partial charge on any atom is -0.478 e. The van der Waals surface area contributed by atoms with E-state index in [1.165, 1.54) is 24.3 Å². The van der Waals surface area contributed by atoms with Gasteiger partial charge in [-0.15, -0.1) is 0 Å². The van der Waals surface area contributed by atoms with Crippen molar-refractivity contribution in [2.45, 2.75) is 18.7 Å². The predicted octanol–water partition coefficient (Wildman–Crippen LogP) is 3.14. The Balaban J connectivity index is 2.19. The van der Waals surface area contributed by atoms with Crippen LogP contribution in [0.15, 0.2) is 52.1 Å². The zero-order valence-corrected chi connectivity index (χ0v) is 18.9. The number of nitro groups is 1. The summed E-state index contributed by atoms with van der Waals surface area (Å²) in [5, 5.41) is 29.6. The first kappa shape index (κ1) is 27.4. The van der Waals surface area contributed by atoms with Crippen molar-refractivity contribution in [3.63, 3.8) is 0 Å². The first-order valence-electron chi connectivity index (χ1n) is 10.2. The van der Waals surface area contributed by atoms with Crippen LogP contribution >= 0.6 is 0 Å². The second-order valence-electron chi connectivity index (χ2n) is 7.43. The van der Waals surface area contributed by atoms with Crippen molar-refractivity contribution >= 4 is 11.7 Å². The number of alkyl halides is 3. The molecular formula is C22H14F4N4O8. The van der Waals surface area contributed by atoms with Crippen molar-refractivity contribution in [1.82, 2.24) is 9.13 Å². The van der Waals surface area contributed by atoms with Gasteiger partial charge in [-0.2, -0.15) is 18.4 Å². The molecule has 12 nitrogen and oxygen atoms in total. The van der Waals surface area contributed by atoms with E-state index in [2.05, 4.69) is 0 Å². The lowest BCUT2D eigenvalue weighted by molar-refractivity contribution is -0.385. The second kappa shape index (κ2) is 10.4. The summed E-state index contributed by atoms with van der Waals surface area (Å²) in [6.45, 7) is 0. The molecule has 3 rings (SSSR count). The predicted molar refractivity (Wildman–Crippen MR) is 118 cm³/mol. The molecule has 0 aliphatic rings. The van der Waals surface area contributed by atoms with Crippen molar-refractivity contribution in [3.8, 4) is 29.0 Å². The number of aromatic nitrogens is 2. The summed E-state index contributed by atoms with van der Waals surface area (Å²) in [5.41, 5.74) is -6.77. The SMILES string of the molecule is Cn1c(C(F)(F)F)cc(=O)n(-c2cc(Oc3ccccc3OC(CC#N)C(=O)O)c([N+](=O)[O-])cc2F)c1=O. The Morgan fingerprint density at radius 3 is 2.37 bits per heavy atom. The van der Waals surface area contributed by atoms with E-state index in [1.54, 1.807) is 6.07 Å². The lowest BCUT2D eigenvalue weighted by Gasteiger charge is -2.17. The highest BCUT2D eigenvalue weighted by atomic mass is 19.4. The molecule has 0 saturated carbocycles. The quantitative estimate of drug-likeness (QED) is 0.257. The second-order valence-corrected chi connectivity index (χ2v) is 7.43. The molecule has 2 aromatic carbocycles. The monoisotopic (exact) mass is 538 g/mol. The molecule has 0 spiro atoms. The van der Waals surface area contributed by atoms with Crippen LogP contribution in [-0.2, 0) is 18.0 Å². The lowest BCUT2D eigenvalue weighted by atomic mass is 10.2. The number of hydrogen-bond donors (Lipinski definition) is 1. The summed E-state index contributed by atoms with van der Waals surface area (Å²) < 4.78 is 65.1. The van der Waals surface area contributed by atoms with Gasteiger partial charge in [0.1, 0.15) is 5.69 Å². The van der Waals surface area contributed by atoms with Crippen molar-refractivity contribution in [2.24, 2.45) is 7.05 Å². The number of benzene rings is 2. The number of rotatable bonds is 8. The molecule has 0 radical (unpaired) electrons. The molecule has 16 heteroatoms. The number of nitriles is 1. The van der Waals surface area contributed by atoms with Gasteiger partial charge in [0.05, 0.1) is 29.2 Å². The van der Waals surface area contributed by atoms with Crippen LogP contribution in [0.4, 0.5) is 23.2 Å². The Labute approximate surface area is 208 Å². The Hall–Kier alpha value is -5.20. The molecule has 0 saturated heterocycles. The van der Waals surface area contributed by atoms with Gasteiger partial charge in [-0.1, -0.05) is 12.1 Å². The van der Waals surface area contributed by atoms with Crippen LogP contribution in [0, 0.1) is 27.3 Å². The fourth-order valence-electron chi connectivity index (χ4n) is 3.21. The summed E-state index contributed by atoms with van der Waals surface area (Å²) in [6.07, 6.45) is -7.32. The summed E-state index contributed by atoms with van der Waals surface area (Å²) in [5.74, 6) is -4.42. The van der Waals surface area contributed by atoms with Gasteiger partial charge in [0.25, 0.3) is 5.56 Å². The number of nitro benzene ring substituents is 1. The first-order valence-corrected chi connectivity index (χ1v) is 10.2. The van der Waals surface area contributed by atoms with E-state index >= 15 is 0 Å². The van der Waals surface area contributed by atoms with Gasteiger partial charge in [-0.05, 0) is 12.1 Å². The normalized spacial score (nSPS) is 11.9. The molecule has 0 aliphatic carbocycles. The number of carbonyl (C=O) groups is 1. The molecule has 38 heavy (non-hydrogen) atoms. The number of nitrogens with zero attached hydrogens (tertiary/aromatic N) is 4. The Bertz CT molecular complexity index is 1590. The van der Waals surface area contributed by atoms with Crippen LogP contribution in [0.5, 0.6) is 17.2 Å². The fourth-order valence-corrected chi connectivity index (χ4v) is 3.21. The summed E-state index contributed by atoms with van der Waals surface area (Å²) in [4.78, 5) is 46.8. The molecule has 0 aliphatic heterocycles. The maximum atomic E-state index is 14.9. The highest BCUT2D eigenvalue weighted by Gasteiger charge is 2.35. The van der Waals surface area contributed by atoms with Crippen LogP contribution in [-0.4, -0.2) is 31.2 Å². The van der Waals surface area contributed by atoms with Crippen LogP contribution in [0.2, 0.25) is 0 Å². The maximum absolute atomic E-state index is 14.9. The van der Waals surface area contributed by atoms with Crippen molar-refractivity contribution in [2.75, 3.05) is 0 Å². The third kappa shape index (κ3) is 5.46. The van der Waals surface area contributed by atoms with Gasteiger partial charge in [0, 0.05) is 19.2 Å². The Morgan fingerprint density at radius 1 is 1.18 bits per heavy atom.